The van der Waals surface area contributed by atoms with Gasteiger partial charge in [0, 0.05) is 23.7 Å². The summed E-state index contributed by atoms with van der Waals surface area (Å²) in [6, 6.07) is 10.2. The number of rotatable bonds is 8. The van der Waals surface area contributed by atoms with E-state index in [0.717, 1.165) is 31.2 Å². The van der Waals surface area contributed by atoms with Gasteiger partial charge in [-0.2, -0.15) is 0 Å². The number of hydrogen-bond acceptors (Lipinski definition) is 5. The molecule has 0 spiro atoms. The molecule has 0 aliphatic heterocycles. The monoisotopic (exact) mass is 430 g/mol. The van der Waals surface area contributed by atoms with Gasteiger partial charge in [-0.05, 0) is 43.0 Å². The fourth-order valence-electron chi connectivity index (χ4n) is 3.89. The molecule has 1 atom stereocenters. The SMILES string of the molecule is CCC(C(=O)NC1CCCCC1)N(Cc1ccc(Cl)cc1)c1ccc([N+](=O)[O-])cn1. The molecule has 0 bridgehead atoms. The van der Waals surface area contributed by atoms with Gasteiger partial charge in [0.25, 0.3) is 5.69 Å². The van der Waals surface area contributed by atoms with Crippen molar-refractivity contribution in [3.63, 3.8) is 0 Å². The number of benzene rings is 1. The Morgan fingerprint density at radius 2 is 1.93 bits per heavy atom. The van der Waals surface area contributed by atoms with Crippen molar-refractivity contribution >= 4 is 29.0 Å². The summed E-state index contributed by atoms with van der Waals surface area (Å²) in [7, 11) is 0. The number of nitrogens with one attached hydrogen (secondary N) is 1. The molecule has 0 radical (unpaired) electrons. The second-order valence-electron chi connectivity index (χ2n) is 7.65. The molecular weight excluding hydrogens is 404 g/mol. The van der Waals surface area contributed by atoms with Gasteiger partial charge >= 0.3 is 0 Å². The Balaban J connectivity index is 1.86. The molecule has 1 saturated carbocycles. The Hall–Kier alpha value is -2.67. The Kier molecular flexibility index (Phi) is 7.63. The van der Waals surface area contributed by atoms with Crippen LogP contribution in [-0.4, -0.2) is 27.9 Å². The highest BCUT2D eigenvalue weighted by Crippen LogP contribution is 2.24. The van der Waals surface area contributed by atoms with Crippen LogP contribution >= 0.6 is 11.6 Å². The van der Waals surface area contributed by atoms with Crippen LogP contribution in [0, 0.1) is 10.1 Å². The molecule has 1 aromatic heterocycles. The highest BCUT2D eigenvalue weighted by Gasteiger charge is 2.28. The van der Waals surface area contributed by atoms with Gasteiger partial charge in [-0.1, -0.05) is 49.9 Å². The molecule has 1 amide bonds. The van der Waals surface area contributed by atoms with E-state index in [4.69, 9.17) is 11.6 Å². The Bertz CT molecular complexity index is 852. The lowest BCUT2D eigenvalue weighted by atomic mass is 9.95. The third-order valence-electron chi connectivity index (χ3n) is 5.52. The van der Waals surface area contributed by atoms with Gasteiger partial charge in [-0.15, -0.1) is 0 Å². The summed E-state index contributed by atoms with van der Waals surface area (Å²) < 4.78 is 0. The number of hydrogen-bond donors (Lipinski definition) is 1. The van der Waals surface area contributed by atoms with Crippen molar-refractivity contribution < 1.29 is 9.72 Å². The highest BCUT2D eigenvalue weighted by molar-refractivity contribution is 6.30. The maximum Gasteiger partial charge on any atom is 0.287 e. The summed E-state index contributed by atoms with van der Waals surface area (Å²) in [6.07, 6.45) is 7.34. The van der Waals surface area contributed by atoms with E-state index in [1.54, 1.807) is 18.2 Å². The van der Waals surface area contributed by atoms with E-state index in [2.05, 4.69) is 10.3 Å². The van der Waals surface area contributed by atoms with Crippen molar-refractivity contribution in [2.45, 2.75) is 64.1 Å². The first-order chi connectivity index (χ1) is 14.5. The maximum absolute atomic E-state index is 13.2. The van der Waals surface area contributed by atoms with Crippen molar-refractivity contribution in [3.05, 3.63) is 63.3 Å². The number of pyridine rings is 1. The third-order valence-corrected chi connectivity index (χ3v) is 5.77. The average Bonchev–Trinajstić information content (AvgIpc) is 2.76. The van der Waals surface area contributed by atoms with E-state index in [9.17, 15) is 14.9 Å². The number of carbonyl (C=O) groups is 1. The zero-order valence-corrected chi connectivity index (χ0v) is 17.8. The Morgan fingerprint density at radius 1 is 1.23 bits per heavy atom. The molecule has 1 aromatic carbocycles. The first-order valence-corrected chi connectivity index (χ1v) is 10.8. The summed E-state index contributed by atoms with van der Waals surface area (Å²) in [4.78, 5) is 29.9. The fraction of sp³-hybridized carbons (Fsp3) is 0.455. The van der Waals surface area contributed by atoms with Crippen LogP contribution < -0.4 is 10.2 Å². The maximum atomic E-state index is 13.2. The van der Waals surface area contributed by atoms with Crippen LogP contribution in [0.3, 0.4) is 0 Å². The zero-order valence-electron chi connectivity index (χ0n) is 17.1. The molecule has 1 fully saturated rings. The molecule has 160 valence electrons. The first kappa shape index (κ1) is 22.0. The van der Waals surface area contributed by atoms with Crippen molar-refractivity contribution in [3.8, 4) is 0 Å². The second-order valence-corrected chi connectivity index (χ2v) is 8.09. The fourth-order valence-corrected chi connectivity index (χ4v) is 4.01. The molecule has 7 nitrogen and oxygen atoms in total. The van der Waals surface area contributed by atoms with Gasteiger partial charge in [-0.3, -0.25) is 14.9 Å². The Labute approximate surface area is 181 Å². The summed E-state index contributed by atoms with van der Waals surface area (Å²) in [5.41, 5.74) is 0.897. The molecule has 1 N–H and O–H groups in total. The van der Waals surface area contributed by atoms with Gasteiger partial charge in [-0.25, -0.2) is 4.98 Å². The number of aromatic nitrogens is 1. The quantitative estimate of drug-likeness (QED) is 0.476. The lowest BCUT2D eigenvalue weighted by Gasteiger charge is -2.33. The number of amides is 1. The lowest BCUT2D eigenvalue weighted by Crippen LogP contribution is -2.50. The number of carbonyl (C=O) groups excluding carboxylic acids is 1. The predicted molar refractivity (Wildman–Crippen MR) is 118 cm³/mol. The molecule has 2 aromatic rings. The molecule has 1 aliphatic rings. The van der Waals surface area contributed by atoms with Crippen molar-refractivity contribution in [2.24, 2.45) is 0 Å². The summed E-state index contributed by atoms with van der Waals surface area (Å²) in [5, 5.41) is 14.8. The van der Waals surface area contributed by atoms with Crippen LogP contribution in [0.5, 0.6) is 0 Å². The van der Waals surface area contributed by atoms with Crippen LogP contribution in [0.2, 0.25) is 5.02 Å². The van der Waals surface area contributed by atoms with Crippen molar-refractivity contribution in [1.82, 2.24) is 10.3 Å². The highest BCUT2D eigenvalue weighted by atomic mass is 35.5. The van der Waals surface area contributed by atoms with Crippen molar-refractivity contribution in [1.29, 1.82) is 0 Å². The van der Waals surface area contributed by atoms with E-state index in [1.807, 2.05) is 24.0 Å². The molecule has 8 heteroatoms. The summed E-state index contributed by atoms with van der Waals surface area (Å²) in [6.45, 7) is 2.41. The zero-order chi connectivity index (χ0) is 21.5. The van der Waals surface area contributed by atoms with E-state index in [-0.39, 0.29) is 17.6 Å². The molecule has 30 heavy (non-hydrogen) atoms. The van der Waals surface area contributed by atoms with E-state index in [0.29, 0.717) is 23.8 Å². The summed E-state index contributed by atoms with van der Waals surface area (Å²) >= 11 is 6.01. The van der Waals surface area contributed by atoms with Crippen LogP contribution in [0.4, 0.5) is 11.5 Å². The molecule has 1 heterocycles. The van der Waals surface area contributed by atoms with Crippen molar-refractivity contribution in [2.75, 3.05) is 4.90 Å². The largest absolute Gasteiger partial charge is 0.352 e. The second kappa shape index (κ2) is 10.4. The molecular formula is C22H27ClN4O3. The molecule has 0 saturated heterocycles. The normalized spacial score (nSPS) is 15.4. The van der Waals surface area contributed by atoms with Gasteiger partial charge in [0.1, 0.15) is 18.1 Å². The minimum atomic E-state index is -0.479. The average molecular weight is 431 g/mol. The molecule has 1 aliphatic carbocycles. The van der Waals surface area contributed by atoms with E-state index >= 15 is 0 Å². The van der Waals surface area contributed by atoms with Gasteiger partial charge in [0.15, 0.2) is 0 Å². The first-order valence-electron chi connectivity index (χ1n) is 10.4. The van der Waals surface area contributed by atoms with E-state index in [1.165, 1.54) is 18.7 Å². The van der Waals surface area contributed by atoms with Crippen LogP contribution in [0.1, 0.15) is 51.0 Å². The summed E-state index contributed by atoms with van der Waals surface area (Å²) in [5.74, 6) is 0.500. The predicted octanol–water partition coefficient (Wildman–Crippen LogP) is 4.88. The topological polar surface area (TPSA) is 88.4 Å². The van der Waals surface area contributed by atoms with Gasteiger partial charge in [0.05, 0.1) is 4.92 Å². The number of halogens is 1. The minimum Gasteiger partial charge on any atom is -0.352 e. The standard InChI is InChI=1S/C22H27ClN4O3/c1-2-20(22(28)25-18-6-4-3-5-7-18)26(15-16-8-10-17(23)11-9-16)21-13-12-19(14-24-21)27(29)30/h8-14,18,20H,2-7,15H2,1H3,(H,25,28). The lowest BCUT2D eigenvalue weighted by molar-refractivity contribution is -0.385. The smallest absolute Gasteiger partial charge is 0.287 e. The van der Waals surface area contributed by atoms with Crippen LogP contribution in [0.25, 0.3) is 0 Å². The minimum absolute atomic E-state index is 0.0292. The van der Waals surface area contributed by atoms with E-state index < -0.39 is 11.0 Å². The van der Waals surface area contributed by atoms with Crippen LogP contribution in [-0.2, 0) is 11.3 Å². The third kappa shape index (κ3) is 5.69. The number of nitro groups is 1. The number of nitrogens with zero attached hydrogens (tertiary/aromatic N) is 3. The molecule has 1 unspecified atom stereocenters. The Morgan fingerprint density at radius 3 is 2.50 bits per heavy atom. The van der Waals surface area contributed by atoms with Gasteiger partial charge in [0.2, 0.25) is 5.91 Å². The van der Waals surface area contributed by atoms with Crippen LogP contribution in [0.15, 0.2) is 42.6 Å². The van der Waals surface area contributed by atoms with Gasteiger partial charge < -0.3 is 10.2 Å². The number of anilines is 1. The molecule has 3 rings (SSSR count).